The van der Waals surface area contributed by atoms with E-state index in [1.807, 2.05) is 0 Å². The minimum Gasteiger partial charge on any atom is -0.352 e. The fourth-order valence-electron chi connectivity index (χ4n) is 2.63. The highest BCUT2D eigenvalue weighted by molar-refractivity contribution is 7.91. The number of thiophene rings is 1. The number of hydrogen-bond donors (Lipinski definition) is 1. The van der Waals surface area contributed by atoms with Crippen LogP contribution in [0.3, 0.4) is 0 Å². The minimum atomic E-state index is -3.55. The molecule has 0 bridgehead atoms. The monoisotopic (exact) mass is 330 g/mol. The topological polar surface area (TPSA) is 66.5 Å². The maximum Gasteiger partial charge on any atom is 0.252 e. The summed E-state index contributed by atoms with van der Waals surface area (Å²) in [4.78, 5) is 12.1. The van der Waals surface area contributed by atoms with Gasteiger partial charge in [0.05, 0.1) is 6.54 Å². The summed E-state index contributed by atoms with van der Waals surface area (Å²) in [5.41, 5.74) is 0. The Morgan fingerprint density at radius 3 is 2.76 bits per heavy atom. The van der Waals surface area contributed by atoms with Crippen molar-refractivity contribution in [3.63, 3.8) is 0 Å². The Morgan fingerprint density at radius 1 is 1.43 bits per heavy atom. The third kappa shape index (κ3) is 4.05. The molecule has 1 aliphatic carbocycles. The zero-order valence-electron chi connectivity index (χ0n) is 12.4. The summed E-state index contributed by atoms with van der Waals surface area (Å²) in [7, 11) is -2.11. The fraction of sp³-hybridized carbons (Fsp3) is 0.643. The van der Waals surface area contributed by atoms with Gasteiger partial charge in [0.15, 0.2) is 0 Å². The van der Waals surface area contributed by atoms with Crippen LogP contribution in [0.4, 0.5) is 0 Å². The van der Waals surface area contributed by atoms with Crippen molar-refractivity contribution in [2.24, 2.45) is 5.92 Å². The first-order valence-corrected chi connectivity index (χ1v) is 9.52. The number of nitrogens with zero attached hydrogens (tertiary/aromatic N) is 1. The van der Waals surface area contributed by atoms with E-state index in [1.165, 1.54) is 13.5 Å². The second-order valence-electron chi connectivity index (χ2n) is 5.63. The van der Waals surface area contributed by atoms with Gasteiger partial charge in [-0.2, -0.15) is 4.31 Å². The average Bonchev–Trinajstić information content (AvgIpc) is 2.96. The van der Waals surface area contributed by atoms with Gasteiger partial charge < -0.3 is 5.32 Å². The molecule has 1 fully saturated rings. The molecule has 1 aromatic heterocycles. The lowest BCUT2D eigenvalue weighted by atomic mass is 9.86. The second kappa shape index (κ2) is 6.89. The molecule has 1 aliphatic rings. The van der Waals surface area contributed by atoms with E-state index in [1.54, 1.807) is 17.5 Å². The van der Waals surface area contributed by atoms with Crippen LogP contribution in [0.25, 0.3) is 0 Å². The number of hydrogen-bond acceptors (Lipinski definition) is 4. The molecule has 1 saturated carbocycles. The minimum absolute atomic E-state index is 0.135. The highest BCUT2D eigenvalue weighted by atomic mass is 32.2. The Balaban J connectivity index is 1.93. The first-order valence-electron chi connectivity index (χ1n) is 7.20. The van der Waals surface area contributed by atoms with E-state index < -0.39 is 10.0 Å². The van der Waals surface area contributed by atoms with Crippen LogP contribution < -0.4 is 5.32 Å². The molecule has 0 aromatic carbocycles. The summed E-state index contributed by atoms with van der Waals surface area (Å²) in [6.45, 7) is 2.00. The lowest BCUT2D eigenvalue weighted by Crippen LogP contribution is -2.45. The van der Waals surface area contributed by atoms with Crippen LogP contribution in [-0.2, 0) is 14.8 Å². The molecular formula is C14H22N2O3S2. The predicted molar refractivity (Wildman–Crippen MR) is 83.7 cm³/mol. The third-order valence-corrected chi connectivity index (χ3v) is 7.16. The Morgan fingerprint density at radius 2 is 2.14 bits per heavy atom. The SMILES string of the molecule is CC1CCCCC1NC(=O)CN(C)S(=O)(=O)c1cccs1. The van der Waals surface area contributed by atoms with Crippen LogP contribution >= 0.6 is 11.3 Å². The Bertz CT molecular complexity index is 569. The van der Waals surface area contributed by atoms with E-state index in [-0.39, 0.29) is 22.7 Å². The van der Waals surface area contributed by atoms with Crippen molar-refractivity contribution >= 4 is 27.3 Å². The molecule has 0 aliphatic heterocycles. The number of carbonyl (C=O) groups excluding carboxylic acids is 1. The molecule has 0 spiro atoms. The van der Waals surface area contributed by atoms with Crippen molar-refractivity contribution in [3.05, 3.63) is 17.5 Å². The summed E-state index contributed by atoms with van der Waals surface area (Å²) in [6, 6.07) is 3.41. The van der Waals surface area contributed by atoms with E-state index in [2.05, 4.69) is 12.2 Å². The lowest BCUT2D eigenvalue weighted by Gasteiger charge is -2.30. The highest BCUT2D eigenvalue weighted by Gasteiger charge is 2.27. The van der Waals surface area contributed by atoms with Crippen molar-refractivity contribution in [1.29, 1.82) is 0 Å². The Kier molecular flexibility index (Phi) is 5.40. The molecular weight excluding hydrogens is 308 g/mol. The molecule has 1 amide bonds. The van der Waals surface area contributed by atoms with Crippen molar-refractivity contribution < 1.29 is 13.2 Å². The molecule has 1 N–H and O–H groups in total. The first kappa shape index (κ1) is 16.5. The zero-order valence-corrected chi connectivity index (χ0v) is 14.0. The standard InChI is InChI=1S/C14H22N2O3S2/c1-11-6-3-4-7-12(11)15-13(17)10-16(2)21(18,19)14-8-5-9-20-14/h5,8-9,11-12H,3-4,6-7,10H2,1-2H3,(H,15,17). The van der Waals surface area contributed by atoms with Crippen molar-refractivity contribution in [1.82, 2.24) is 9.62 Å². The van der Waals surface area contributed by atoms with Crippen LogP contribution in [0.5, 0.6) is 0 Å². The van der Waals surface area contributed by atoms with E-state index in [4.69, 9.17) is 0 Å². The van der Waals surface area contributed by atoms with Gasteiger partial charge in [-0.05, 0) is 30.2 Å². The molecule has 2 atom stereocenters. The van der Waals surface area contributed by atoms with Crippen molar-refractivity contribution in [3.8, 4) is 0 Å². The van der Waals surface area contributed by atoms with Gasteiger partial charge >= 0.3 is 0 Å². The normalized spacial score (nSPS) is 23.2. The highest BCUT2D eigenvalue weighted by Crippen LogP contribution is 2.24. The number of likely N-dealkylation sites (N-methyl/N-ethyl adjacent to an activating group) is 1. The first-order chi connectivity index (χ1) is 9.91. The molecule has 2 rings (SSSR count). The largest absolute Gasteiger partial charge is 0.352 e. The average molecular weight is 330 g/mol. The number of nitrogens with one attached hydrogen (secondary N) is 1. The van der Waals surface area contributed by atoms with Crippen LogP contribution in [0.15, 0.2) is 21.7 Å². The van der Waals surface area contributed by atoms with E-state index in [9.17, 15) is 13.2 Å². The van der Waals surface area contributed by atoms with Gasteiger partial charge in [-0.15, -0.1) is 11.3 Å². The lowest BCUT2D eigenvalue weighted by molar-refractivity contribution is -0.122. The van der Waals surface area contributed by atoms with Crippen LogP contribution in [0.2, 0.25) is 0 Å². The maximum absolute atomic E-state index is 12.2. The Labute approximate surface area is 130 Å². The van der Waals surface area contributed by atoms with E-state index >= 15 is 0 Å². The van der Waals surface area contributed by atoms with Gasteiger partial charge in [0.1, 0.15) is 4.21 Å². The zero-order chi connectivity index (χ0) is 15.5. The molecule has 21 heavy (non-hydrogen) atoms. The molecule has 118 valence electrons. The quantitative estimate of drug-likeness (QED) is 0.899. The molecule has 7 heteroatoms. The summed E-state index contributed by atoms with van der Waals surface area (Å²) >= 11 is 1.16. The van der Waals surface area contributed by atoms with Gasteiger partial charge in [0, 0.05) is 13.1 Å². The van der Waals surface area contributed by atoms with Crippen LogP contribution in [0, 0.1) is 5.92 Å². The maximum atomic E-state index is 12.2. The van der Waals surface area contributed by atoms with Crippen molar-refractivity contribution in [2.45, 2.75) is 42.9 Å². The molecule has 0 saturated heterocycles. The number of amides is 1. The molecule has 1 aromatic rings. The van der Waals surface area contributed by atoms with Gasteiger partial charge in [-0.25, -0.2) is 8.42 Å². The number of carbonyl (C=O) groups is 1. The van der Waals surface area contributed by atoms with Crippen LogP contribution in [0.1, 0.15) is 32.6 Å². The van der Waals surface area contributed by atoms with Gasteiger partial charge in [0.2, 0.25) is 5.91 Å². The number of rotatable bonds is 5. The second-order valence-corrected chi connectivity index (χ2v) is 8.85. The summed E-state index contributed by atoms with van der Waals surface area (Å²) < 4.78 is 25.9. The molecule has 2 unspecified atom stereocenters. The van der Waals surface area contributed by atoms with Crippen LogP contribution in [-0.4, -0.2) is 38.3 Å². The Hall–Kier alpha value is -0.920. The van der Waals surface area contributed by atoms with E-state index in [0.29, 0.717) is 5.92 Å². The van der Waals surface area contributed by atoms with E-state index in [0.717, 1.165) is 34.9 Å². The molecule has 0 radical (unpaired) electrons. The number of sulfonamides is 1. The summed E-state index contributed by atoms with van der Waals surface area (Å²) in [5.74, 6) is 0.235. The van der Waals surface area contributed by atoms with Gasteiger partial charge in [-0.3, -0.25) is 4.79 Å². The molecule has 5 nitrogen and oxygen atoms in total. The van der Waals surface area contributed by atoms with Gasteiger partial charge in [-0.1, -0.05) is 25.8 Å². The summed E-state index contributed by atoms with van der Waals surface area (Å²) in [6.07, 6.45) is 4.43. The van der Waals surface area contributed by atoms with Gasteiger partial charge in [0.25, 0.3) is 10.0 Å². The fourth-order valence-corrected chi connectivity index (χ4v) is 4.96. The summed E-state index contributed by atoms with van der Waals surface area (Å²) in [5, 5.41) is 4.69. The smallest absolute Gasteiger partial charge is 0.252 e. The third-order valence-electron chi connectivity index (χ3n) is 3.98. The molecule has 1 heterocycles. The predicted octanol–water partition coefficient (Wildman–Crippen LogP) is 2.06. The van der Waals surface area contributed by atoms with Crippen molar-refractivity contribution in [2.75, 3.05) is 13.6 Å².